The number of oxazole rings is 1. The van der Waals surface area contributed by atoms with Crippen molar-refractivity contribution in [3.05, 3.63) is 47.7 Å². The molecule has 0 aliphatic carbocycles. The van der Waals surface area contributed by atoms with Crippen molar-refractivity contribution in [3.63, 3.8) is 0 Å². The molecular formula is C13H12N2O3. The zero-order valence-corrected chi connectivity index (χ0v) is 10.1. The summed E-state index contributed by atoms with van der Waals surface area (Å²) < 4.78 is 4.99. The predicted octanol–water partition coefficient (Wildman–Crippen LogP) is 2.44. The molecule has 0 unspecified atom stereocenters. The molecular weight excluding hydrogens is 232 g/mol. The quantitative estimate of drug-likeness (QED) is 0.841. The summed E-state index contributed by atoms with van der Waals surface area (Å²) in [5.41, 5.74) is 1.61. The van der Waals surface area contributed by atoms with Crippen molar-refractivity contribution in [3.8, 4) is 0 Å². The summed E-state index contributed by atoms with van der Waals surface area (Å²) in [6, 6.07) is 6.72. The van der Waals surface area contributed by atoms with Gasteiger partial charge in [-0.1, -0.05) is 12.1 Å². The highest BCUT2D eigenvalue weighted by Crippen LogP contribution is 2.14. The van der Waals surface area contributed by atoms with Crippen LogP contribution in [0.5, 0.6) is 0 Å². The molecule has 0 spiro atoms. The third kappa shape index (κ3) is 2.45. The second-order valence-electron chi connectivity index (χ2n) is 3.86. The minimum atomic E-state index is -0.384. The van der Waals surface area contributed by atoms with Gasteiger partial charge in [-0.15, -0.1) is 0 Å². The maximum absolute atomic E-state index is 11.8. The van der Waals surface area contributed by atoms with Crippen molar-refractivity contribution in [2.24, 2.45) is 0 Å². The lowest BCUT2D eigenvalue weighted by Crippen LogP contribution is -2.12. The average Bonchev–Trinajstić information content (AvgIpc) is 2.76. The highest BCUT2D eigenvalue weighted by Gasteiger charge is 2.14. The highest BCUT2D eigenvalue weighted by molar-refractivity contribution is 6.03. The normalized spacial score (nSPS) is 10.1. The lowest BCUT2D eigenvalue weighted by atomic mass is 10.1. The smallest absolute Gasteiger partial charge is 0.293 e. The van der Waals surface area contributed by atoms with Crippen LogP contribution >= 0.6 is 0 Å². The summed E-state index contributed by atoms with van der Waals surface area (Å²) in [5.74, 6) is -0.268. The van der Waals surface area contributed by atoms with E-state index in [2.05, 4.69) is 10.3 Å². The molecule has 0 fully saturated rings. The van der Waals surface area contributed by atoms with Gasteiger partial charge in [0.15, 0.2) is 12.2 Å². The molecule has 0 radical (unpaired) electrons. The molecule has 1 amide bonds. The molecule has 5 heteroatoms. The van der Waals surface area contributed by atoms with Crippen LogP contribution in [0.3, 0.4) is 0 Å². The molecule has 1 heterocycles. The number of carbonyl (C=O) groups is 2. The number of benzene rings is 1. The number of hydrogen-bond acceptors (Lipinski definition) is 4. The van der Waals surface area contributed by atoms with Gasteiger partial charge in [0, 0.05) is 11.3 Å². The van der Waals surface area contributed by atoms with Crippen LogP contribution in [-0.2, 0) is 0 Å². The van der Waals surface area contributed by atoms with Gasteiger partial charge in [-0.3, -0.25) is 9.59 Å². The first-order valence-corrected chi connectivity index (χ1v) is 5.40. The summed E-state index contributed by atoms with van der Waals surface area (Å²) >= 11 is 0. The van der Waals surface area contributed by atoms with Crippen LogP contribution < -0.4 is 5.32 Å². The number of Topliss-reactive ketones (excluding diaryl/α,β-unsaturated/α-hetero) is 1. The van der Waals surface area contributed by atoms with Crippen molar-refractivity contribution in [2.45, 2.75) is 13.8 Å². The van der Waals surface area contributed by atoms with E-state index < -0.39 is 0 Å². The first-order valence-electron chi connectivity index (χ1n) is 5.40. The van der Waals surface area contributed by atoms with E-state index in [-0.39, 0.29) is 17.5 Å². The maximum Gasteiger partial charge on any atom is 0.293 e. The molecule has 0 aliphatic rings. The molecule has 0 atom stereocenters. The Morgan fingerprint density at radius 2 is 2.11 bits per heavy atom. The van der Waals surface area contributed by atoms with Crippen LogP contribution in [0, 0.1) is 6.92 Å². The highest BCUT2D eigenvalue weighted by atomic mass is 16.3. The van der Waals surface area contributed by atoms with E-state index in [1.54, 1.807) is 31.2 Å². The monoisotopic (exact) mass is 244 g/mol. The van der Waals surface area contributed by atoms with Gasteiger partial charge in [-0.2, -0.15) is 0 Å². The van der Waals surface area contributed by atoms with Crippen molar-refractivity contribution >= 4 is 17.4 Å². The Labute approximate surface area is 104 Å². The van der Waals surface area contributed by atoms with Gasteiger partial charge in [-0.25, -0.2) is 4.98 Å². The third-order valence-corrected chi connectivity index (χ3v) is 2.48. The number of nitrogens with one attached hydrogen (secondary N) is 1. The van der Waals surface area contributed by atoms with Crippen molar-refractivity contribution in [1.82, 2.24) is 4.98 Å². The van der Waals surface area contributed by atoms with Crippen molar-refractivity contribution in [2.75, 3.05) is 5.32 Å². The van der Waals surface area contributed by atoms with Gasteiger partial charge < -0.3 is 9.73 Å². The Kier molecular flexibility index (Phi) is 3.23. The van der Waals surface area contributed by atoms with Gasteiger partial charge in [0.25, 0.3) is 5.91 Å². The van der Waals surface area contributed by atoms with Gasteiger partial charge in [0.2, 0.25) is 5.76 Å². The lowest BCUT2D eigenvalue weighted by Gasteiger charge is -2.04. The lowest BCUT2D eigenvalue weighted by molar-refractivity contribution is 0.0991. The SMILES string of the molecule is CC(=O)c1cccc(NC(=O)c2ocnc2C)c1. The number of carbonyl (C=O) groups excluding carboxylic acids is 2. The standard InChI is InChI=1S/C13H12N2O3/c1-8-12(18-7-14-8)13(17)15-11-5-3-4-10(6-11)9(2)16/h3-7H,1-2H3,(H,15,17). The van der Waals surface area contributed by atoms with Gasteiger partial charge in [0.05, 0.1) is 5.69 Å². The predicted molar refractivity (Wildman–Crippen MR) is 65.6 cm³/mol. The van der Waals surface area contributed by atoms with E-state index in [1.165, 1.54) is 13.3 Å². The molecule has 92 valence electrons. The second kappa shape index (κ2) is 4.83. The molecule has 0 saturated carbocycles. The minimum Gasteiger partial charge on any atom is -0.438 e. The Morgan fingerprint density at radius 1 is 1.33 bits per heavy atom. The molecule has 2 aromatic rings. The fourth-order valence-corrected chi connectivity index (χ4v) is 1.52. The molecule has 0 saturated heterocycles. The first kappa shape index (κ1) is 12.0. The molecule has 0 aliphatic heterocycles. The van der Waals surface area contributed by atoms with Gasteiger partial charge in [0.1, 0.15) is 0 Å². The minimum absolute atomic E-state index is 0.0538. The molecule has 1 aromatic heterocycles. The summed E-state index contributed by atoms with van der Waals surface area (Å²) in [6.07, 6.45) is 1.22. The summed E-state index contributed by atoms with van der Waals surface area (Å²) in [7, 11) is 0. The molecule has 0 bridgehead atoms. The van der Waals surface area contributed by atoms with Crippen LogP contribution in [0.4, 0.5) is 5.69 Å². The number of anilines is 1. The van der Waals surface area contributed by atoms with E-state index in [4.69, 9.17) is 4.42 Å². The molecule has 5 nitrogen and oxygen atoms in total. The van der Waals surface area contributed by atoms with E-state index in [1.807, 2.05) is 0 Å². The Balaban J connectivity index is 2.20. The van der Waals surface area contributed by atoms with Crippen LogP contribution in [0.2, 0.25) is 0 Å². The second-order valence-corrected chi connectivity index (χ2v) is 3.86. The van der Waals surface area contributed by atoms with Crippen LogP contribution in [0.1, 0.15) is 33.5 Å². The fraction of sp³-hybridized carbons (Fsp3) is 0.154. The van der Waals surface area contributed by atoms with E-state index in [0.29, 0.717) is 16.9 Å². The van der Waals surface area contributed by atoms with E-state index in [9.17, 15) is 9.59 Å². The number of nitrogens with zero attached hydrogens (tertiary/aromatic N) is 1. The zero-order valence-electron chi connectivity index (χ0n) is 10.1. The van der Waals surface area contributed by atoms with Crippen LogP contribution in [-0.4, -0.2) is 16.7 Å². The summed E-state index contributed by atoms with van der Waals surface area (Å²) in [5, 5.41) is 2.66. The Morgan fingerprint density at radius 3 is 2.72 bits per heavy atom. The van der Waals surface area contributed by atoms with Crippen LogP contribution in [0.25, 0.3) is 0 Å². The van der Waals surface area contributed by atoms with Crippen molar-refractivity contribution < 1.29 is 14.0 Å². The summed E-state index contributed by atoms with van der Waals surface area (Å²) in [6.45, 7) is 3.16. The molecule has 2 rings (SSSR count). The Hall–Kier alpha value is -2.43. The fourth-order valence-electron chi connectivity index (χ4n) is 1.52. The number of ketones is 1. The van der Waals surface area contributed by atoms with Crippen molar-refractivity contribution in [1.29, 1.82) is 0 Å². The Bertz CT molecular complexity index is 602. The van der Waals surface area contributed by atoms with Gasteiger partial charge in [-0.05, 0) is 26.0 Å². The molecule has 18 heavy (non-hydrogen) atoms. The third-order valence-electron chi connectivity index (χ3n) is 2.48. The number of aromatic nitrogens is 1. The number of amides is 1. The topological polar surface area (TPSA) is 72.2 Å². The average molecular weight is 244 g/mol. The maximum atomic E-state index is 11.8. The zero-order chi connectivity index (χ0) is 13.1. The number of hydrogen-bond donors (Lipinski definition) is 1. The van der Waals surface area contributed by atoms with Crippen LogP contribution in [0.15, 0.2) is 35.1 Å². The first-order chi connectivity index (χ1) is 8.58. The molecule has 1 aromatic carbocycles. The number of rotatable bonds is 3. The summed E-state index contributed by atoms with van der Waals surface area (Å²) in [4.78, 5) is 26.9. The number of aryl methyl sites for hydroxylation is 1. The molecule has 1 N–H and O–H groups in total. The van der Waals surface area contributed by atoms with Gasteiger partial charge >= 0.3 is 0 Å². The van der Waals surface area contributed by atoms with E-state index in [0.717, 1.165) is 0 Å². The largest absolute Gasteiger partial charge is 0.438 e. The van der Waals surface area contributed by atoms with E-state index >= 15 is 0 Å².